The third-order valence-electron chi connectivity index (χ3n) is 3.47. The lowest BCUT2D eigenvalue weighted by Gasteiger charge is -2.27. The Hall–Kier alpha value is -1.37. The fourth-order valence-electron chi connectivity index (χ4n) is 2.43. The third kappa shape index (κ3) is 2.46. The molecule has 1 N–H and O–H groups in total. The molecule has 0 radical (unpaired) electrons. The highest BCUT2D eigenvalue weighted by molar-refractivity contribution is 7.16. The van der Waals surface area contributed by atoms with Gasteiger partial charge in [0.05, 0.1) is 22.8 Å². The molecule has 0 bridgehead atoms. The summed E-state index contributed by atoms with van der Waals surface area (Å²) in [6.45, 7) is 4.98. The Bertz CT molecular complexity index is 645. The van der Waals surface area contributed by atoms with Crippen LogP contribution in [0, 0.1) is 6.92 Å². The largest absolute Gasteiger partial charge is 0.478 e. The van der Waals surface area contributed by atoms with Gasteiger partial charge in [-0.25, -0.2) is 4.79 Å². The normalized spacial score (nSPS) is 15.3. The zero-order chi connectivity index (χ0) is 14.3. The van der Waals surface area contributed by atoms with E-state index in [1.165, 1.54) is 11.1 Å². The minimum atomic E-state index is -0.914. The van der Waals surface area contributed by atoms with Crippen molar-refractivity contribution in [2.24, 2.45) is 0 Å². The Kier molecular flexibility index (Phi) is 3.54. The van der Waals surface area contributed by atoms with E-state index in [2.05, 4.69) is 16.1 Å². The molecule has 2 aromatic heterocycles. The topological polar surface area (TPSA) is 58.4 Å². The van der Waals surface area contributed by atoms with E-state index in [1.54, 1.807) is 16.0 Å². The van der Waals surface area contributed by atoms with Crippen LogP contribution in [0.1, 0.15) is 26.5 Å². The van der Waals surface area contributed by atoms with Gasteiger partial charge in [0, 0.05) is 24.5 Å². The first-order valence-corrected chi connectivity index (χ1v) is 7.49. The average molecular weight is 312 g/mol. The van der Waals surface area contributed by atoms with E-state index in [1.807, 2.05) is 6.92 Å². The maximum Gasteiger partial charge on any atom is 0.339 e. The molecule has 0 saturated carbocycles. The van der Waals surface area contributed by atoms with Crippen molar-refractivity contribution in [3.05, 3.63) is 38.3 Å². The first-order valence-electron chi connectivity index (χ1n) is 6.29. The molecular weight excluding hydrogens is 298 g/mol. The maximum absolute atomic E-state index is 11.2. The van der Waals surface area contributed by atoms with Crippen LogP contribution in [0.15, 0.2) is 12.3 Å². The molecule has 1 aliphatic heterocycles. The molecule has 20 heavy (non-hydrogen) atoms. The van der Waals surface area contributed by atoms with Crippen molar-refractivity contribution in [3.8, 4) is 0 Å². The van der Waals surface area contributed by atoms with Crippen molar-refractivity contribution in [2.45, 2.75) is 26.6 Å². The molecular formula is C13H14ClN3O2S. The van der Waals surface area contributed by atoms with Crippen molar-refractivity contribution in [3.63, 3.8) is 0 Å². The summed E-state index contributed by atoms with van der Waals surface area (Å²) >= 11 is 7.67. The Morgan fingerprint density at radius 1 is 1.55 bits per heavy atom. The van der Waals surface area contributed by atoms with Crippen LogP contribution >= 0.6 is 22.9 Å². The molecule has 0 aromatic carbocycles. The molecule has 2 aromatic rings. The van der Waals surface area contributed by atoms with Crippen LogP contribution in [0.25, 0.3) is 0 Å². The molecule has 7 heteroatoms. The molecule has 3 rings (SSSR count). The number of rotatable bonds is 3. The second kappa shape index (κ2) is 5.20. The standard InChI is InChI=1S/C13H14ClN3O2S/c1-8-4-9(20-12(8)14)6-16-2-3-17-11(7-16)10(5-15-17)13(18)19/h4-5H,2-3,6-7H2,1H3,(H,18,19). The lowest BCUT2D eigenvalue weighted by atomic mass is 10.2. The lowest BCUT2D eigenvalue weighted by Crippen LogP contribution is -2.34. The van der Waals surface area contributed by atoms with Crippen LogP contribution in [-0.2, 0) is 19.6 Å². The quantitative estimate of drug-likeness (QED) is 0.946. The highest BCUT2D eigenvalue weighted by Crippen LogP contribution is 2.28. The molecule has 1 aliphatic rings. The number of aromatic nitrogens is 2. The molecule has 0 atom stereocenters. The third-order valence-corrected chi connectivity index (χ3v) is 5.01. The first kappa shape index (κ1) is 13.6. The van der Waals surface area contributed by atoms with Crippen molar-refractivity contribution < 1.29 is 9.90 Å². The van der Waals surface area contributed by atoms with Gasteiger partial charge in [-0.05, 0) is 18.6 Å². The van der Waals surface area contributed by atoms with E-state index in [0.717, 1.165) is 35.2 Å². The highest BCUT2D eigenvalue weighted by Gasteiger charge is 2.23. The van der Waals surface area contributed by atoms with Gasteiger partial charge < -0.3 is 5.11 Å². The molecule has 0 amide bonds. The number of carbonyl (C=O) groups is 1. The Balaban J connectivity index is 1.78. The summed E-state index contributed by atoms with van der Waals surface area (Å²) in [5, 5.41) is 13.3. The van der Waals surface area contributed by atoms with E-state index in [-0.39, 0.29) is 0 Å². The number of hydrogen-bond donors (Lipinski definition) is 1. The zero-order valence-electron chi connectivity index (χ0n) is 11.0. The van der Waals surface area contributed by atoms with Gasteiger partial charge in [-0.1, -0.05) is 11.6 Å². The Labute approximate surface area is 125 Å². The molecule has 0 saturated heterocycles. The van der Waals surface area contributed by atoms with E-state index in [4.69, 9.17) is 16.7 Å². The Morgan fingerprint density at radius 3 is 3.00 bits per heavy atom. The van der Waals surface area contributed by atoms with Crippen LogP contribution in [0.4, 0.5) is 0 Å². The van der Waals surface area contributed by atoms with Crippen molar-refractivity contribution in [2.75, 3.05) is 6.54 Å². The summed E-state index contributed by atoms with van der Waals surface area (Å²) in [6, 6.07) is 2.09. The van der Waals surface area contributed by atoms with Crippen LogP contribution in [0.3, 0.4) is 0 Å². The molecule has 5 nitrogen and oxygen atoms in total. The van der Waals surface area contributed by atoms with Crippen molar-refractivity contribution in [1.82, 2.24) is 14.7 Å². The molecule has 0 spiro atoms. The number of halogens is 1. The van der Waals surface area contributed by atoms with Gasteiger partial charge >= 0.3 is 5.97 Å². The highest BCUT2D eigenvalue weighted by atomic mass is 35.5. The first-order chi connectivity index (χ1) is 9.54. The Morgan fingerprint density at radius 2 is 2.35 bits per heavy atom. The minimum absolute atomic E-state index is 0.301. The number of carboxylic acid groups (broad SMARTS) is 1. The predicted molar refractivity (Wildman–Crippen MR) is 77.4 cm³/mol. The summed E-state index contributed by atoms with van der Waals surface area (Å²) < 4.78 is 2.61. The van der Waals surface area contributed by atoms with Gasteiger partial charge in [-0.15, -0.1) is 11.3 Å². The van der Waals surface area contributed by atoms with E-state index in [0.29, 0.717) is 12.1 Å². The van der Waals surface area contributed by atoms with Crippen LogP contribution in [0.2, 0.25) is 4.34 Å². The maximum atomic E-state index is 11.2. The summed E-state index contributed by atoms with van der Waals surface area (Å²) in [6.07, 6.45) is 1.44. The fourth-order valence-corrected chi connectivity index (χ4v) is 3.72. The second-order valence-corrected chi connectivity index (χ2v) is 6.65. The van der Waals surface area contributed by atoms with E-state index in [9.17, 15) is 4.79 Å². The molecule has 0 unspecified atom stereocenters. The minimum Gasteiger partial charge on any atom is -0.478 e. The number of aromatic carboxylic acids is 1. The fraction of sp³-hybridized carbons (Fsp3) is 0.385. The monoisotopic (exact) mass is 311 g/mol. The van der Waals surface area contributed by atoms with Gasteiger partial charge in [0.1, 0.15) is 5.56 Å². The number of hydrogen-bond acceptors (Lipinski definition) is 4. The van der Waals surface area contributed by atoms with E-state index < -0.39 is 5.97 Å². The number of nitrogens with zero attached hydrogens (tertiary/aromatic N) is 3. The van der Waals surface area contributed by atoms with Crippen LogP contribution < -0.4 is 0 Å². The van der Waals surface area contributed by atoms with Gasteiger partial charge in [0.15, 0.2) is 0 Å². The van der Waals surface area contributed by atoms with Gasteiger partial charge in [0.2, 0.25) is 0 Å². The predicted octanol–water partition coefficient (Wildman–Crippen LogP) is 2.62. The molecule has 3 heterocycles. The number of carboxylic acids is 1. The molecule has 106 valence electrons. The van der Waals surface area contributed by atoms with Gasteiger partial charge in [-0.3, -0.25) is 9.58 Å². The summed E-state index contributed by atoms with van der Waals surface area (Å²) in [7, 11) is 0. The lowest BCUT2D eigenvalue weighted by molar-refractivity contribution is 0.0692. The number of thiophene rings is 1. The van der Waals surface area contributed by atoms with Crippen LogP contribution in [0.5, 0.6) is 0 Å². The second-order valence-electron chi connectivity index (χ2n) is 4.91. The summed E-state index contributed by atoms with van der Waals surface area (Å²) in [4.78, 5) is 14.6. The SMILES string of the molecule is Cc1cc(CN2CCn3ncc(C(=O)O)c3C2)sc1Cl. The number of fused-ring (bicyclic) bond motifs is 1. The van der Waals surface area contributed by atoms with E-state index >= 15 is 0 Å². The summed E-state index contributed by atoms with van der Waals surface area (Å²) in [5.74, 6) is -0.914. The van der Waals surface area contributed by atoms with Crippen molar-refractivity contribution in [1.29, 1.82) is 0 Å². The van der Waals surface area contributed by atoms with Crippen LogP contribution in [-0.4, -0.2) is 32.3 Å². The zero-order valence-corrected chi connectivity index (χ0v) is 12.5. The molecule has 0 fully saturated rings. The summed E-state index contributed by atoms with van der Waals surface area (Å²) in [5.41, 5.74) is 2.18. The number of aryl methyl sites for hydroxylation is 1. The van der Waals surface area contributed by atoms with Crippen molar-refractivity contribution >= 4 is 28.9 Å². The van der Waals surface area contributed by atoms with Gasteiger partial charge in [0.25, 0.3) is 0 Å². The smallest absolute Gasteiger partial charge is 0.339 e. The average Bonchev–Trinajstić information content (AvgIpc) is 2.93. The molecule has 0 aliphatic carbocycles. The van der Waals surface area contributed by atoms with Gasteiger partial charge in [-0.2, -0.15) is 5.10 Å².